The SMILES string of the molecule is C=C(CSCCCCCC)C(=O)[O-]. The summed E-state index contributed by atoms with van der Waals surface area (Å²) in [6.45, 7) is 5.58. The second-order valence-corrected chi connectivity index (χ2v) is 4.11. The molecule has 0 radical (unpaired) electrons. The third kappa shape index (κ3) is 7.91. The van der Waals surface area contributed by atoms with Gasteiger partial charge in [0.2, 0.25) is 0 Å². The topological polar surface area (TPSA) is 40.1 Å². The van der Waals surface area contributed by atoms with Gasteiger partial charge in [0, 0.05) is 5.75 Å². The number of thioether (sulfide) groups is 1. The van der Waals surface area contributed by atoms with Crippen molar-refractivity contribution in [3.8, 4) is 0 Å². The van der Waals surface area contributed by atoms with Crippen LogP contribution in [0, 0.1) is 0 Å². The van der Waals surface area contributed by atoms with Crippen molar-refractivity contribution in [1.82, 2.24) is 0 Å². The van der Waals surface area contributed by atoms with E-state index >= 15 is 0 Å². The zero-order valence-electron chi connectivity index (χ0n) is 8.17. The average Bonchev–Trinajstić information content (AvgIpc) is 2.10. The van der Waals surface area contributed by atoms with Gasteiger partial charge in [-0.2, -0.15) is 11.8 Å². The highest BCUT2D eigenvalue weighted by Gasteiger charge is 1.95. The first kappa shape index (κ1) is 12.6. The first-order valence-corrected chi connectivity index (χ1v) is 5.80. The second kappa shape index (κ2) is 8.17. The van der Waals surface area contributed by atoms with Crippen molar-refractivity contribution in [1.29, 1.82) is 0 Å². The number of carboxylic acids is 1. The molecular formula is C10H17O2S-. The second-order valence-electron chi connectivity index (χ2n) is 3.00. The van der Waals surface area contributed by atoms with Gasteiger partial charge in [0.25, 0.3) is 0 Å². The number of carbonyl (C=O) groups excluding carboxylic acids is 1. The highest BCUT2D eigenvalue weighted by Crippen LogP contribution is 2.10. The minimum atomic E-state index is -1.12. The zero-order chi connectivity index (χ0) is 10.1. The molecule has 0 spiro atoms. The van der Waals surface area contributed by atoms with Crippen molar-refractivity contribution in [2.75, 3.05) is 11.5 Å². The molecule has 0 aromatic rings. The van der Waals surface area contributed by atoms with E-state index in [1.54, 1.807) is 11.8 Å². The monoisotopic (exact) mass is 201 g/mol. The maximum Gasteiger partial charge on any atom is 0.0677 e. The third-order valence-corrected chi connectivity index (χ3v) is 2.84. The third-order valence-electron chi connectivity index (χ3n) is 1.71. The van der Waals surface area contributed by atoms with Crippen LogP contribution in [0.15, 0.2) is 12.2 Å². The van der Waals surface area contributed by atoms with E-state index in [0.717, 1.165) is 5.75 Å². The zero-order valence-corrected chi connectivity index (χ0v) is 8.99. The van der Waals surface area contributed by atoms with Crippen molar-refractivity contribution < 1.29 is 9.90 Å². The number of rotatable bonds is 8. The van der Waals surface area contributed by atoms with Gasteiger partial charge in [0.1, 0.15) is 0 Å². The Kier molecular flexibility index (Phi) is 7.90. The van der Waals surface area contributed by atoms with Crippen molar-refractivity contribution >= 4 is 17.7 Å². The van der Waals surface area contributed by atoms with E-state index in [1.165, 1.54) is 25.7 Å². The summed E-state index contributed by atoms with van der Waals surface area (Å²) in [5.74, 6) is 0.391. The molecule has 76 valence electrons. The molecule has 0 bridgehead atoms. The fraction of sp³-hybridized carbons (Fsp3) is 0.700. The van der Waals surface area contributed by atoms with Gasteiger partial charge in [-0.05, 0) is 17.7 Å². The molecule has 0 atom stereocenters. The normalized spacial score (nSPS) is 9.92. The van der Waals surface area contributed by atoms with Crippen LogP contribution in [-0.2, 0) is 4.79 Å². The van der Waals surface area contributed by atoms with Crippen molar-refractivity contribution in [3.63, 3.8) is 0 Å². The summed E-state index contributed by atoms with van der Waals surface area (Å²) in [7, 11) is 0. The molecule has 0 saturated heterocycles. The largest absolute Gasteiger partial charge is 0.545 e. The molecule has 0 saturated carbocycles. The fourth-order valence-corrected chi connectivity index (χ4v) is 1.80. The Bertz CT molecular complexity index is 166. The molecule has 0 aromatic carbocycles. The maximum atomic E-state index is 10.2. The Labute approximate surface area is 84.4 Å². The number of carboxylic acid groups (broad SMARTS) is 1. The van der Waals surface area contributed by atoms with Gasteiger partial charge in [-0.15, -0.1) is 0 Å². The lowest BCUT2D eigenvalue weighted by molar-refractivity contribution is -0.299. The Morgan fingerprint density at radius 1 is 1.38 bits per heavy atom. The van der Waals surface area contributed by atoms with Crippen LogP contribution in [0.3, 0.4) is 0 Å². The van der Waals surface area contributed by atoms with Crippen LogP contribution in [0.4, 0.5) is 0 Å². The van der Waals surface area contributed by atoms with Crippen molar-refractivity contribution in [2.24, 2.45) is 0 Å². The van der Waals surface area contributed by atoms with Crippen molar-refractivity contribution in [2.45, 2.75) is 32.6 Å². The Morgan fingerprint density at radius 2 is 2.08 bits per heavy atom. The molecule has 0 aliphatic rings. The minimum absolute atomic E-state index is 0.195. The predicted octanol–water partition coefficient (Wildman–Crippen LogP) is 1.61. The van der Waals surface area contributed by atoms with Gasteiger partial charge in [-0.3, -0.25) is 0 Å². The summed E-state index contributed by atoms with van der Waals surface area (Å²) in [5.41, 5.74) is 0.195. The molecule has 0 aromatic heterocycles. The Morgan fingerprint density at radius 3 is 2.62 bits per heavy atom. The van der Waals surface area contributed by atoms with Crippen LogP contribution in [0.5, 0.6) is 0 Å². The van der Waals surface area contributed by atoms with E-state index < -0.39 is 5.97 Å². The molecule has 3 heteroatoms. The number of hydrogen-bond acceptors (Lipinski definition) is 3. The summed E-state index contributed by atoms with van der Waals surface area (Å²) in [5, 5.41) is 10.2. The molecule has 0 unspecified atom stereocenters. The summed E-state index contributed by atoms with van der Waals surface area (Å²) in [4.78, 5) is 10.2. The first-order valence-electron chi connectivity index (χ1n) is 4.65. The van der Waals surface area contributed by atoms with E-state index in [9.17, 15) is 9.90 Å². The van der Waals surface area contributed by atoms with E-state index in [0.29, 0.717) is 5.75 Å². The number of aliphatic carboxylic acids is 1. The smallest absolute Gasteiger partial charge is 0.0677 e. The number of hydrogen-bond donors (Lipinski definition) is 0. The van der Waals surface area contributed by atoms with Gasteiger partial charge in [0.05, 0.1) is 5.97 Å². The molecule has 0 aliphatic heterocycles. The van der Waals surface area contributed by atoms with Gasteiger partial charge in [-0.25, -0.2) is 0 Å². The molecule has 0 aliphatic carbocycles. The highest BCUT2D eigenvalue weighted by atomic mass is 32.2. The standard InChI is InChI=1S/C10H18O2S/c1-3-4-5-6-7-13-8-9(2)10(11)12/h2-8H2,1H3,(H,11,12)/p-1. The van der Waals surface area contributed by atoms with E-state index in [2.05, 4.69) is 13.5 Å². The van der Waals surface area contributed by atoms with Gasteiger partial charge in [0.15, 0.2) is 0 Å². The van der Waals surface area contributed by atoms with Crippen LogP contribution in [0.25, 0.3) is 0 Å². The van der Waals surface area contributed by atoms with Crippen LogP contribution in [0.2, 0.25) is 0 Å². The number of carbonyl (C=O) groups is 1. The van der Waals surface area contributed by atoms with E-state index in [1.807, 2.05) is 0 Å². The average molecular weight is 201 g/mol. The molecule has 13 heavy (non-hydrogen) atoms. The lowest BCUT2D eigenvalue weighted by atomic mass is 10.2. The molecule has 0 N–H and O–H groups in total. The van der Waals surface area contributed by atoms with Crippen LogP contribution < -0.4 is 5.11 Å². The fourth-order valence-electron chi connectivity index (χ4n) is 0.885. The molecule has 0 heterocycles. The quantitative estimate of drug-likeness (QED) is 0.442. The molecule has 0 rings (SSSR count). The van der Waals surface area contributed by atoms with Gasteiger partial charge < -0.3 is 9.90 Å². The summed E-state index contributed by atoms with van der Waals surface area (Å²) >= 11 is 1.62. The molecule has 0 fully saturated rings. The molecule has 2 nitrogen and oxygen atoms in total. The van der Waals surface area contributed by atoms with Gasteiger partial charge >= 0.3 is 0 Å². The Hall–Kier alpha value is -0.440. The molecule has 0 amide bonds. The lowest BCUT2D eigenvalue weighted by Crippen LogP contribution is -2.24. The lowest BCUT2D eigenvalue weighted by Gasteiger charge is -2.05. The molecular weight excluding hydrogens is 184 g/mol. The van der Waals surface area contributed by atoms with Crippen LogP contribution in [-0.4, -0.2) is 17.5 Å². The number of unbranched alkanes of at least 4 members (excludes halogenated alkanes) is 3. The summed E-state index contributed by atoms with van der Waals surface area (Å²) in [6, 6.07) is 0. The summed E-state index contributed by atoms with van der Waals surface area (Å²) < 4.78 is 0. The van der Waals surface area contributed by atoms with E-state index in [4.69, 9.17) is 0 Å². The summed E-state index contributed by atoms with van der Waals surface area (Å²) in [6.07, 6.45) is 4.90. The van der Waals surface area contributed by atoms with Gasteiger partial charge in [-0.1, -0.05) is 32.8 Å². The maximum absolute atomic E-state index is 10.2. The predicted molar refractivity (Wildman–Crippen MR) is 55.6 cm³/mol. The van der Waals surface area contributed by atoms with Crippen molar-refractivity contribution in [3.05, 3.63) is 12.2 Å². The van der Waals surface area contributed by atoms with Crippen LogP contribution in [0.1, 0.15) is 32.6 Å². The minimum Gasteiger partial charge on any atom is -0.545 e. The Balaban J connectivity index is 3.16. The first-order chi connectivity index (χ1) is 6.18. The highest BCUT2D eigenvalue weighted by molar-refractivity contribution is 7.99. The van der Waals surface area contributed by atoms with Crippen LogP contribution >= 0.6 is 11.8 Å². The van der Waals surface area contributed by atoms with E-state index in [-0.39, 0.29) is 5.57 Å².